The maximum absolute atomic E-state index is 11.8. The van der Waals surface area contributed by atoms with Crippen molar-refractivity contribution in [1.29, 1.82) is 0 Å². The molecule has 1 aromatic carbocycles. The van der Waals surface area contributed by atoms with Crippen LogP contribution in [0.4, 0.5) is 5.95 Å². The van der Waals surface area contributed by atoms with Crippen LogP contribution in [-0.2, 0) is 11.2 Å². The Morgan fingerprint density at radius 2 is 2.03 bits per heavy atom. The number of carbonyl (C=O) groups excluding carboxylic acids is 1. The number of aryl methyl sites for hydroxylation is 1. The molecule has 0 unspecified atom stereocenters. The lowest BCUT2D eigenvalue weighted by atomic mass is 9.97. The van der Waals surface area contributed by atoms with Crippen LogP contribution >= 0.6 is 0 Å². The van der Waals surface area contributed by atoms with Gasteiger partial charge in [0, 0.05) is 25.8 Å². The number of nitrogens with one attached hydrogen (secondary N) is 2. The van der Waals surface area contributed by atoms with Crippen LogP contribution in [0.3, 0.4) is 0 Å². The average molecular weight is 483 g/mol. The highest BCUT2D eigenvalue weighted by Crippen LogP contribution is 2.29. The SMILES string of the molecule is Cc1ccc(C(C)C)c(OCC2CCN(CCCNc3nccc(CC(=O)NCCN)n3)CC2)c1. The lowest BCUT2D eigenvalue weighted by Gasteiger charge is -2.32. The molecule has 192 valence electrons. The zero-order chi connectivity index (χ0) is 25.0. The summed E-state index contributed by atoms with van der Waals surface area (Å²) in [7, 11) is 0. The first-order chi connectivity index (χ1) is 16.9. The molecular formula is C27H42N6O2. The molecule has 0 saturated carbocycles. The molecular weight excluding hydrogens is 440 g/mol. The quantitative estimate of drug-likeness (QED) is 0.377. The van der Waals surface area contributed by atoms with Gasteiger partial charge in [-0.25, -0.2) is 9.97 Å². The summed E-state index contributed by atoms with van der Waals surface area (Å²) in [5.41, 5.74) is 8.66. The molecule has 1 fully saturated rings. The number of rotatable bonds is 13. The summed E-state index contributed by atoms with van der Waals surface area (Å²) >= 11 is 0. The minimum absolute atomic E-state index is 0.0758. The van der Waals surface area contributed by atoms with E-state index in [1.807, 2.05) is 0 Å². The molecule has 1 aliphatic heterocycles. The summed E-state index contributed by atoms with van der Waals surface area (Å²) in [5.74, 6) is 2.63. The summed E-state index contributed by atoms with van der Waals surface area (Å²) in [6.07, 6.45) is 5.29. The standard InChI is InChI=1S/C27H42N6O2/c1-20(2)24-6-5-21(3)17-25(24)35-19-22-8-15-33(16-9-22)14-4-11-30-27-31-12-7-23(32-27)18-26(34)29-13-10-28/h5-7,12,17,20,22H,4,8-11,13-16,18-19,28H2,1-3H3,(H,29,34)(H,30,31,32). The van der Waals surface area contributed by atoms with E-state index >= 15 is 0 Å². The monoisotopic (exact) mass is 482 g/mol. The maximum Gasteiger partial charge on any atom is 0.226 e. The van der Waals surface area contributed by atoms with Crippen molar-refractivity contribution in [1.82, 2.24) is 20.2 Å². The van der Waals surface area contributed by atoms with Gasteiger partial charge in [-0.05, 0) is 80.9 Å². The summed E-state index contributed by atoms with van der Waals surface area (Å²) in [6.45, 7) is 12.4. The van der Waals surface area contributed by atoms with Gasteiger partial charge < -0.3 is 26.0 Å². The van der Waals surface area contributed by atoms with Crippen molar-refractivity contribution in [2.75, 3.05) is 51.2 Å². The first-order valence-corrected chi connectivity index (χ1v) is 12.9. The molecule has 0 aliphatic carbocycles. The van der Waals surface area contributed by atoms with Gasteiger partial charge in [0.25, 0.3) is 0 Å². The van der Waals surface area contributed by atoms with Gasteiger partial charge in [-0.15, -0.1) is 0 Å². The summed E-state index contributed by atoms with van der Waals surface area (Å²) in [5, 5.41) is 6.05. The van der Waals surface area contributed by atoms with Crippen molar-refractivity contribution in [3.63, 3.8) is 0 Å². The number of hydrogen-bond donors (Lipinski definition) is 3. The predicted molar refractivity (Wildman–Crippen MR) is 141 cm³/mol. The highest BCUT2D eigenvalue weighted by Gasteiger charge is 2.20. The third-order valence-electron chi connectivity index (χ3n) is 6.43. The van der Waals surface area contributed by atoms with E-state index in [-0.39, 0.29) is 12.3 Å². The Morgan fingerprint density at radius 1 is 1.23 bits per heavy atom. The van der Waals surface area contributed by atoms with Gasteiger partial charge in [-0.2, -0.15) is 0 Å². The number of hydrogen-bond acceptors (Lipinski definition) is 7. The van der Waals surface area contributed by atoms with Gasteiger partial charge in [0.2, 0.25) is 11.9 Å². The topological polar surface area (TPSA) is 105 Å². The van der Waals surface area contributed by atoms with Crippen LogP contribution in [0.2, 0.25) is 0 Å². The summed E-state index contributed by atoms with van der Waals surface area (Å²) < 4.78 is 6.28. The van der Waals surface area contributed by atoms with Crippen LogP contribution in [0.5, 0.6) is 5.75 Å². The minimum atomic E-state index is -0.0758. The van der Waals surface area contributed by atoms with E-state index < -0.39 is 0 Å². The molecule has 2 heterocycles. The number of ether oxygens (including phenoxy) is 1. The Labute approximate surface area is 210 Å². The number of carbonyl (C=O) groups is 1. The van der Waals surface area contributed by atoms with Crippen molar-refractivity contribution < 1.29 is 9.53 Å². The second-order valence-electron chi connectivity index (χ2n) is 9.76. The Kier molecular flexibility index (Phi) is 10.8. The van der Waals surface area contributed by atoms with Gasteiger partial charge >= 0.3 is 0 Å². The first-order valence-electron chi connectivity index (χ1n) is 12.9. The van der Waals surface area contributed by atoms with Gasteiger partial charge in [0.1, 0.15) is 5.75 Å². The molecule has 4 N–H and O–H groups in total. The number of piperidine rings is 1. The fourth-order valence-corrected chi connectivity index (χ4v) is 4.35. The highest BCUT2D eigenvalue weighted by molar-refractivity contribution is 5.78. The molecule has 2 aromatic rings. The second kappa shape index (κ2) is 14.0. The molecule has 3 rings (SSSR count). The zero-order valence-corrected chi connectivity index (χ0v) is 21.6. The second-order valence-corrected chi connectivity index (χ2v) is 9.76. The molecule has 1 aromatic heterocycles. The summed E-state index contributed by atoms with van der Waals surface area (Å²) in [4.78, 5) is 23.1. The van der Waals surface area contributed by atoms with E-state index in [9.17, 15) is 4.79 Å². The molecule has 1 aliphatic rings. The van der Waals surface area contributed by atoms with E-state index in [4.69, 9.17) is 10.5 Å². The minimum Gasteiger partial charge on any atom is -0.493 e. The van der Waals surface area contributed by atoms with Crippen LogP contribution in [0.1, 0.15) is 55.8 Å². The van der Waals surface area contributed by atoms with Crippen molar-refractivity contribution in [2.45, 2.75) is 52.4 Å². The van der Waals surface area contributed by atoms with Crippen LogP contribution in [0.15, 0.2) is 30.5 Å². The lowest BCUT2D eigenvalue weighted by molar-refractivity contribution is -0.120. The third kappa shape index (κ3) is 9.11. The van der Waals surface area contributed by atoms with Crippen LogP contribution in [0.25, 0.3) is 0 Å². The predicted octanol–water partition coefficient (Wildman–Crippen LogP) is 3.12. The normalized spacial score (nSPS) is 14.8. The highest BCUT2D eigenvalue weighted by atomic mass is 16.5. The molecule has 1 amide bonds. The molecule has 1 saturated heterocycles. The lowest BCUT2D eigenvalue weighted by Crippen LogP contribution is -2.36. The number of nitrogens with zero attached hydrogens (tertiary/aromatic N) is 3. The average Bonchev–Trinajstić information content (AvgIpc) is 2.85. The van der Waals surface area contributed by atoms with Crippen molar-refractivity contribution in [2.24, 2.45) is 11.7 Å². The molecule has 0 atom stereocenters. The molecule has 0 radical (unpaired) electrons. The molecule has 0 spiro atoms. The van der Waals surface area contributed by atoms with Crippen molar-refractivity contribution >= 4 is 11.9 Å². The first kappa shape index (κ1) is 26.9. The Balaban J connectivity index is 1.33. The Bertz CT molecular complexity index is 928. The molecule has 8 nitrogen and oxygen atoms in total. The number of amides is 1. The largest absolute Gasteiger partial charge is 0.493 e. The smallest absolute Gasteiger partial charge is 0.226 e. The maximum atomic E-state index is 11.8. The van der Waals surface area contributed by atoms with Gasteiger partial charge in [0.15, 0.2) is 0 Å². The molecule has 35 heavy (non-hydrogen) atoms. The number of aromatic nitrogens is 2. The Morgan fingerprint density at radius 3 is 2.77 bits per heavy atom. The number of likely N-dealkylation sites (tertiary alicyclic amines) is 1. The van der Waals surface area contributed by atoms with Gasteiger partial charge in [-0.3, -0.25) is 4.79 Å². The van der Waals surface area contributed by atoms with Gasteiger partial charge in [-0.1, -0.05) is 26.0 Å². The fraction of sp³-hybridized carbons (Fsp3) is 0.593. The molecule has 8 heteroatoms. The number of benzene rings is 1. The summed E-state index contributed by atoms with van der Waals surface area (Å²) in [6, 6.07) is 8.31. The van der Waals surface area contributed by atoms with Crippen LogP contribution in [0, 0.1) is 12.8 Å². The molecule has 0 bridgehead atoms. The van der Waals surface area contributed by atoms with Gasteiger partial charge in [0.05, 0.1) is 18.7 Å². The van der Waals surface area contributed by atoms with E-state index in [1.54, 1.807) is 12.3 Å². The van der Waals surface area contributed by atoms with E-state index in [0.717, 1.165) is 45.0 Å². The fourth-order valence-electron chi connectivity index (χ4n) is 4.35. The number of nitrogens with two attached hydrogens (primary N) is 1. The van der Waals surface area contributed by atoms with Crippen LogP contribution < -0.4 is 21.1 Å². The third-order valence-corrected chi connectivity index (χ3v) is 6.43. The van der Waals surface area contributed by atoms with E-state index in [2.05, 4.69) is 64.5 Å². The van der Waals surface area contributed by atoms with E-state index in [0.29, 0.717) is 36.6 Å². The van der Waals surface area contributed by atoms with Crippen molar-refractivity contribution in [3.8, 4) is 5.75 Å². The van der Waals surface area contributed by atoms with Crippen molar-refractivity contribution in [3.05, 3.63) is 47.3 Å². The van der Waals surface area contributed by atoms with Crippen LogP contribution in [-0.4, -0.2) is 66.7 Å². The Hall–Kier alpha value is -2.71. The number of anilines is 1. The van der Waals surface area contributed by atoms with E-state index in [1.165, 1.54) is 24.0 Å². The zero-order valence-electron chi connectivity index (χ0n) is 21.6.